The van der Waals surface area contributed by atoms with Gasteiger partial charge in [0.1, 0.15) is 6.42 Å². The van der Waals surface area contributed by atoms with Gasteiger partial charge in [0.2, 0.25) is 0 Å². The zero-order chi connectivity index (χ0) is 13.5. The average molecular weight is 262 g/mol. The molecule has 18 heavy (non-hydrogen) atoms. The predicted octanol–water partition coefficient (Wildman–Crippen LogP) is 1.53. The van der Waals surface area contributed by atoms with E-state index in [0.717, 1.165) is 16.8 Å². The third-order valence-electron chi connectivity index (χ3n) is 2.20. The first kappa shape index (κ1) is 13.9. The van der Waals surface area contributed by atoms with Gasteiger partial charge in [-0.15, -0.1) is 0 Å². The van der Waals surface area contributed by atoms with Crippen LogP contribution in [-0.4, -0.2) is 11.0 Å². The van der Waals surface area contributed by atoms with Crippen LogP contribution < -0.4 is 16.2 Å². The Kier molecular flexibility index (Phi) is 5.08. The lowest BCUT2D eigenvalue weighted by molar-refractivity contribution is -0.120. The highest BCUT2D eigenvalue weighted by Crippen LogP contribution is 2.15. The molecule has 1 aromatic carbocycles. The zero-order valence-electron chi connectivity index (χ0n) is 10.2. The largest absolute Gasteiger partial charge is 0.331 e. The highest BCUT2D eigenvalue weighted by molar-refractivity contribution is 7.80. The second-order valence-corrected chi connectivity index (χ2v) is 4.19. The molecule has 0 radical (unpaired) electrons. The SMILES string of the molecule is Cc1ccc(C)c(NC(=S)NNC(=O)CC#N)c1. The molecule has 0 aliphatic rings. The Balaban J connectivity index is 2.52. The van der Waals surface area contributed by atoms with Gasteiger partial charge in [-0.25, -0.2) is 0 Å². The van der Waals surface area contributed by atoms with Gasteiger partial charge in [0.25, 0.3) is 5.91 Å². The number of nitriles is 1. The van der Waals surface area contributed by atoms with E-state index < -0.39 is 5.91 Å². The van der Waals surface area contributed by atoms with E-state index in [1.807, 2.05) is 32.0 Å². The summed E-state index contributed by atoms with van der Waals surface area (Å²) in [4.78, 5) is 11.0. The molecule has 0 heterocycles. The summed E-state index contributed by atoms with van der Waals surface area (Å²) in [6, 6.07) is 7.69. The van der Waals surface area contributed by atoms with Crippen molar-refractivity contribution >= 4 is 28.9 Å². The van der Waals surface area contributed by atoms with Crippen LogP contribution in [0.2, 0.25) is 0 Å². The van der Waals surface area contributed by atoms with Crippen LogP contribution in [0, 0.1) is 25.2 Å². The average Bonchev–Trinajstić information content (AvgIpc) is 2.32. The molecular weight excluding hydrogens is 248 g/mol. The molecule has 0 bridgehead atoms. The third kappa shape index (κ3) is 4.39. The standard InChI is InChI=1S/C12H14N4OS/c1-8-3-4-9(2)10(7-8)14-12(18)16-15-11(17)5-6-13/h3-4,7H,5H2,1-2H3,(H,15,17)(H2,14,16,18). The van der Waals surface area contributed by atoms with Crippen molar-refractivity contribution < 1.29 is 4.79 Å². The molecule has 0 atom stereocenters. The minimum Gasteiger partial charge on any atom is -0.331 e. The van der Waals surface area contributed by atoms with Crippen LogP contribution in [0.25, 0.3) is 0 Å². The van der Waals surface area contributed by atoms with Gasteiger partial charge in [-0.05, 0) is 43.3 Å². The fourth-order valence-corrected chi connectivity index (χ4v) is 1.43. The van der Waals surface area contributed by atoms with E-state index in [9.17, 15) is 4.79 Å². The zero-order valence-corrected chi connectivity index (χ0v) is 11.0. The second-order valence-electron chi connectivity index (χ2n) is 3.78. The van der Waals surface area contributed by atoms with Crippen LogP contribution in [-0.2, 0) is 4.79 Å². The van der Waals surface area contributed by atoms with Crippen molar-refractivity contribution in [3.8, 4) is 6.07 Å². The molecule has 0 saturated heterocycles. The quantitative estimate of drug-likeness (QED) is 0.556. The molecule has 1 aromatic rings. The summed E-state index contributed by atoms with van der Waals surface area (Å²) in [6.07, 6.45) is -0.209. The number of hydrazine groups is 1. The smallest absolute Gasteiger partial charge is 0.252 e. The van der Waals surface area contributed by atoms with Crippen LogP contribution in [0.4, 0.5) is 5.69 Å². The van der Waals surface area contributed by atoms with Gasteiger partial charge < -0.3 is 5.32 Å². The second kappa shape index (κ2) is 6.57. The molecule has 94 valence electrons. The minimum atomic E-state index is -0.428. The summed E-state index contributed by atoms with van der Waals surface area (Å²) < 4.78 is 0. The molecule has 0 saturated carbocycles. The van der Waals surface area contributed by atoms with E-state index >= 15 is 0 Å². The Morgan fingerprint density at radius 3 is 2.78 bits per heavy atom. The van der Waals surface area contributed by atoms with Gasteiger partial charge in [0.15, 0.2) is 5.11 Å². The number of thiocarbonyl (C=S) groups is 1. The molecular formula is C12H14N4OS. The van der Waals surface area contributed by atoms with Crippen molar-refractivity contribution in [1.82, 2.24) is 10.9 Å². The van der Waals surface area contributed by atoms with Crippen molar-refractivity contribution in [3.63, 3.8) is 0 Å². The van der Waals surface area contributed by atoms with Crippen molar-refractivity contribution in [2.45, 2.75) is 20.3 Å². The first-order valence-corrected chi connectivity index (χ1v) is 5.74. The highest BCUT2D eigenvalue weighted by Gasteiger charge is 2.03. The molecule has 6 heteroatoms. The van der Waals surface area contributed by atoms with Crippen LogP contribution in [0.3, 0.4) is 0 Å². The van der Waals surface area contributed by atoms with Crippen LogP contribution in [0.5, 0.6) is 0 Å². The first-order valence-electron chi connectivity index (χ1n) is 5.33. The van der Waals surface area contributed by atoms with Crippen LogP contribution in [0.15, 0.2) is 18.2 Å². The summed E-state index contributed by atoms with van der Waals surface area (Å²) in [5, 5.41) is 11.6. The van der Waals surface area contributed by atoms with E-state index in [0.29, 0.717) is 0 Å². The molecule has 5 nitrogen and oxygen atoms in total. The number of carbonyl (C=O) groups is 1. The number of anilines is 1. The number of rotatable bonds is 2. The van der Waals surface area contributed by atoms with Crippen molar-refractivity contribution in [1.29, 1.82) is 5.26 Å². The predicted molar refractivity (Wildman–Crippen MR) is 73.6 cm³/mol. The van der Waals surface area contributed by atoms with Gasteiger partial charge in [0.05, 0.1) is 6.07 Å². The maximum absolute atomic E-state index is 11.0. The summed E-state index contributed by atoms with van der Waals surface area (Å²) in [5.74, 6) is -0.428. The maximum atomic E-state index is 11.0. The molecule has 1 rings (SSSR count). The Labute approximate surface area is 111 Å². The van der Waals surface area contributed by atoms with Crippen LogP contribution in [0.1, 0.15) is 17.5 Å². The summed E-state index contributed by atoms with van der Waals surface area (Å²) in [5.41, 5.74) is 7.89. The molecule has 0 spiro atoms. The van der Waals surface area contributed by atoms with Gasteiger partial charge in [-0.1, -0.05) is 12.1 Å². The van der Waals surface area contributed by atoms with Gasteiger partial charge in [-0.3, -0.25) is 15.6 Å². The third-order valence-corrected chi connectivity index (χ3v) is 2.40. The van der Waals surface area contributed by atoms with E-state index in [4.69, 9.17) is 17.5 Å². The summed E-state index contributed by atoms with van der Waals surface area (Å²) in [6.45, 7) is 3.94. The number of carbonyl (C=O) groups excluding carboxylic acids is 1. The number of benzene rings is 1. The lowest BCUT2D eigenvalue weighted by Crippen LogP contribution is -2.43. The number of nitrogens with one attached hydrogen (secondary N) is 3. The number of nitrogens with zero attached hydrogens (tertiary/aromatic N) is 1. The van der Waals surface area contributed by atoms with Gasteiger partial charge in [0, 0.05) is 5.69 Å². The number of hydrogen-bond donors (Lipinski definition) is 3. The molecule has 0 unspecified atom stereocenters. The van der Waals surface area contributed by atoms with E-state index in [-0.39, 0.29) is 11.5 Å². The normalized spacial score (nSPS) is 9.17. The van der Waals surface area contributed by atoms with Gasteiger partial charge in [-0.2, -0.15) is 5.26 Å². The van der Waals surface area contributed by atoms with Crippen LogP contribution >= 0.6 is 12.2 Å². The lowest BCUT2D eigenvalue weighted by Gasteiger charge is -2.13. The fraction of sp³-hybridized carbons (Fsp3) is 0.250. The first-order chi connectivity index (χ1) is 8.52. The van der Waals surface area contributed by atoms with Crippen molar-refractivity contribution in [2.24, 2.45) is 0 Å². The summed E-state index contributed by atoms with van der Waals surface area (Å²) >= 11 is 5.02. The Morgan fingerprint density at radius 2 is 2.11 bits per heavy atom. The maximum Gasteiger partial charge on any atom is 0.252 e. The molecule has 1 amide bonds. The fourth-order valence-electron chi connectivity index (χ4n) is 1.27. The van der Waals surface area contributed by atoms with Crippen molar-refractivity contribution in [3.05, 3.63) is 29.3 Å². The van der Waals surface area contributed by atoms with Crippen molar-refractivity contribution in [2.75, 3.05) is 5.32 Å². The Hall–Kier alpha value is -2.13. The lowest BCUT2D eigenvalue weighted by atomic mass is 10.1. The number of aryl methyl sites for hydroxylation is 2. The highest BCUT2D eigenvalue weighted by atomic mass is 32.1. The summed E-state index contributed by atoms with van der Waals surface area (Å²) in [7, 11) is 0. The topological polar surface area (TPSA) is 76.9 Å². The minimum absolute atomic E-state index is 0.209. The molecule has 3 N–H and O–H groups in total. The van der Waals surface area contributed by atoms with E-state index in [2.05, 4.69) is 16.2 Å². The molecule has 0 aliphatic heterocycles. The number of hydrogen-bond acceptors (Lipinski definition) is 3. The Bertz CT molecular complexity index is 507. The molecule has 0 fully saturated rings. The number of amides is 1. The monoisotopic (exact) mass is 262 g/mol. The molecule has 0 aliphatic carbocycles. The van der Waals surface area contributed by atoms with E-state index in [1.54, 1.807) is 6.07 Å². The molecule has 0 aromatic heterocycles. The Morgan fingerprint density at radius 1 is 1.39 bits per heavy atom. The van der Waals surface area contributed by atoms with Gasteiger partial charge >= 0.3 is 0 Å². The van der Waals surface area contributed by atoms with E-state index in [1.165, 1.54) is 0 Å².